The Kier molecular flexibility index (Phi) is 3.60. The molecule has 0 saturated heterocycles. The number of hydrogen-bond acceptors (Lipinski definition) is 3. The SMILES string of the molecule is CCc1cc(S(=O)(=O)O)c(CC)c(N)c1C. The number of rotatable bonds is 3. The molecule has 0 radical (unpaired) electrons. The van der Waals surface area contributed by atoms with Crippen LogP contribution in [0.3, 0.4) is 0 Å². The molecule has 3 N–H and O–H groups in total. The first-order valence-corrected chi connectivity index (χ1v) is 6.65. The van der Waals surface area contributed by atoms with Gasteiger partial charge < -0.3 is 5.73 Å². The standard InChI is InChI=1S/C11H17NO3S/c1-4-8-6-10(16(13,14)15)9(5-2)11(12)7(8)3/h6H,4-5,12H2,1-3H3,(H,13,14,15). The van der Waals surface area contributed by atoms with Crippen molar-refractivity contribution in [3.63, 3.8) is 0 Å². The molecule has 0 bridgehead atoms. The van der Waals surface area contributed by atoms with E-state index >= 15 is 0 Å². The van der Waals surface area contributed by atoms with Crippen molar-refractivity contribution < 1.29 is 13.0 Å². The van der Waals surface area contributed by atoms with Crippen molar-refractivity contribution in [1.82, 2.24) is 0 Å². The van der Waals surface area contributed by atoms with Crippen LogP contribution in [0.2, 0.25) is 0 Å². The average molecular weight is 243 g/mol. The minimum Gasteiger partial charge on any atom is -0.398 e. The summed E-state index contributed by atoms with van der Waals surface area (Å²) in [6.45, 7) is 5.59. The van der Waals surface area contributed by atoms with Gasteiger partial charge in [0, 0.05) is 5.69 Å². The van der Waals surface area contributed by atoms with Gasteiger partial charge in [-0.1, -0.05) is 13.8 Å². The molecule has 16 heavy (non-hydrogen) atoms. The minimum atomic E-state index is -4.20. The maximum atomic E-state index is 11.2. The fraction of sp³-hybridized carbons (Fsp3) is 0.455. The summed E-state index contributed by atoms with van der Waals surface area (Å²) in [5, 5.41) is 0. The Hall–Kier alpha value is -1.07. The van der Waals surface area contributed by atoms with Crippen LogP contribution in [-0.4, -0.2) is 13.0 Å². The monoisotopic (exact) mass is 243 g/mol. The second-order valence-electron chi connectivity index (χ2n) is 3.73. The first kappa shape index (κ1) is 13.0. The molecule has 0 saturated carbocycles. The van der Waals surface area contributed by atoms with Gasteiger partial charge in [0.05, 0.1) is 4.90 Å². The number of hydrogen-bond donors (Lipinski definition) is 2. The molecule has 5 heteroatoms. The first-order chi connectivity index (χ1) is 7.32. The van der Waals surface area contributed by atoms with Crippen LogP contribution in [0.1, 0.15) is 30.5 Å². The molecule has 4 nitrogen and oxygen atoms in total. The predicted octanol–water partition coefficient (Wildman–Crippen LogP) is 1.95. The number of nitrogen functional groups attached to an aromatic ring is 1. The highest BCUT2D eigenvalue weighted by Gasteiger charge is 2.19. The molecule has 0 aliphatic rings. The molecule has 0 unspecified atom stereocenters. The smallest absolute Gasteiger partial charge is 0.294 e. The van der Waals surface area contributed by atoms with E-state index in [9.17, 15) is 8.42 Å². The number of benzene rings is 1. The fourth-order valence-corrected chi connectivity index (χ4v) is 2.70. The van der Waals surface area contributed by atoms with Gasteiger partial charge in [-0.2, -0.15) is 8.42 Å². The van der Waals surface area contributed by atoms with Gasteiger partial charge in [-0.25, -0.2) is 0 Å². The zero-order valence-corrected chi connectivity index (χ0v) is 10.6. The lowest BCUT2D eigenvalue weighted by atomic mass is 9.99. The summed E-state index contributed by atoms with van der Waals surface area (Å²) in [7, 11) is -4.20. The van der Waals surface area contributed by atoms with Gasteiger partial charge in [0.25, 0.3) is 10.1 Å². The predicted molar refractivity (Wildman–Crippen MR) is 64.2 cm³/mol. The van der Waals surface area contributed by atoms with Gasteiger partial charge in [-0.3, -0.25) is 4.55 Å². The van der Waals surface area contributed by atoms with E-state index in [1.807, 2.05) is 20.8 Å². The Morgan fingerprint density at radius 3 is 2.25 bits per heavy atom. The second-order valence-corrected chi connectivity index (χ2v) is 5.12. The van der Waals surface area contributed by atoms with E-state index in [4.69, 9.17) is 10.3 Å². The molecular formula is C11H17NO3S. The highest BCUT2D eigenvalue weighted by molar-refractivity contribution is 7.85. The Labute approximate surface area is 96.2 Å². The molecule has 1 rings (SSSR count). The molecule has 0 spiro atoms. The van der Waals surface area contributed by atoms with E-state index in [1.165, 1.54) is 6.07 Å². The molecule has 0 amide bonds. The van der Waals surface area contributed by atoms with Gasteiger partial charge in [0.15, 0.2) is 0 Å². The van der Waals surface area contributed by atoms with E-state index < -0.39 is 10.1 Å². The van der Waals surface area contributed by atoms with Crippen molar-refractivity contribution in [2.24, 2.45) is 0 Å². The lowest BCUT2D eigenvalue weighted by Gasteiger charge is -2.14. The van der Waals surface area contributed by atoms with Crippen molar-refractivity contribution >= 4 is 15.8 Å². The third-order valence-electron chi connectivity index (χ3n) is 2.83. The molecule has 0 heterocycles. The summed E-state index contributed by atoms with van der Waals surface area (Å²) in [4.78, 5) is -0.0602. The van der Waals surface area contributed by atoms with Crippen LogP contribution >= 0.6 is 0 Å². The Morgan fingerprint density at radius 2 is 1.88 bits per heavy atom. The molecule has 0 aliphatic carbocycles. The summed E-state index contributed by atoms with van der Waals surface area (Å²) in [5.41, 5.74) is 8.60. The van der Waals surface area contributed by atoms with Crippen LogP contribution in [-0.2, 0) is 23.0 Å². The van der Waals surface area contributed by atoms with Crippen LogP contribution in [0.25, 0.3) is 0 Å². The summed E-state index contributed by atoms with van der Waals surface area (Å²) in [6.07, 6.45) is 1.16. The Bertz CT molecular complexity index is 506. The zero-order valence-electron chi connectivity index (χ0n) is 9.74. The van der Waals surface area contributed by atoms with E-state index in [-0.39, 0.29) is 4.90 Å². The number of aryl methyl sites for hydroxylation is 1. The maximum absolute atomic E-state index is 11.2. The lowest BCUT2D eigenvalue weighted by Crippen LogP contribution is -2.09. The lowest BCUT2D eigenvalue weighted by molar-refractivity contribution is 0.482. The maximum Gasteiger partial charge on any atom is 0.294 e. The third-order valence-corrected chi connectivity index (χ3v) is 3.75. The quantitative estimate of drug-likeness (QED) is 0.628. The molecule has 0 atom stereocenters. The highest BCUT2D eigenvalue weighted by atomic mass is 32.2. The van der Waals surface area contributed by atoms with Gasteiger partial charge in [-0.05, 0) is 42.5 Å². The third kappa shape index (κ3) is 2.20. The number of anilines is 1. The van der Waals surface area contributed by atoms with Crippen molar-refractivity contribution in [2.75, 3.05) is 5.73 Å². The van der Waals surface area contributed by atoms with Crippen LogP contribution < -0.4 is 5.73 Å². The van der Waals surface area contributed by atoms with Crippen LogP contribution in [0.4, 0.5) is 5.69 Å². The van der Waals surface area contributed by atoms with Gasteiger partial charge in [0.2, 0.25) is 0 Å². The van der Waals surface area contributed by atoms with E-state index in [2.05, 4.69) is 0 Å². The van der Waals surface area contributed by atoms with Crippen LogP contribution in [0.15, 0.2) is 11.0 Å². The number of nitrogens with two attached hydrogens (primary N) is 1. The van der Waals surface area contributed by atoms with Crippen molar-refractivity contribution in [3.05, 3.63) is 22.8 Å². The molecule has 90 valence electrons. The molecule has 1 aromatic carbocycles. The topological polar surface area (TPSA) is 80.4 Å². The van der Waals surface area contributed by atoms with Crippen LogP contribution in [0, 0.1) is 6.92 Å². The Balaban J connectivity index is 3.67. The van der Waals surface area contributed by atoms with Crippen molar-refractivity contribution in [1.29, 1.82) is 0 Å². The molecule has 1 aromatic rings. The highest BCUT2D eigenvalue weighted by Crippen LogP contribution is 2.29. The normalized spacial score (nSPS) is 11.8. The van der Waals surface area contributed by atoms with Gasteiger partial charge >= 0.3 is 0 Å². The molecule has 0 aromatic heterocycles. The Morgan fingerprint density at radius 1 is 1.31 bits per heavy atom. The fourth-order valence-electron chi connectivity index (χ4n) is 1.85. The van der Waals surface area contributed by atoms with E-state index in [0.717, 1.165) is 11.1 Å². The largest absolute Gasteiger partial charge is 0.398 e. The summed E-state index contributed by atoms with van der Waals surface area (Å²) < 4.78 is 31.6. The van der Waals surface area contributed by atoms with E-state index in [0.29, 0.717) is 24.1 Å². The first-order valence-electron chi connectivity index (χ1n) is 5.21. The van der Waals surface area contributed by atoms with E-state index in [1.54, 1.807) is 0 Å². The summed E-state index contributed by atoms with van der Waals surface area (Å²) >= 11 is 0. The van der Waals surface area contributed by atoms with Crippen molar-refractivity contribution in [3.8, 4) is 0 Å². The molecular weight excluding hydrogens is 226 g/mol. The molecule has 0 fully saturated rings. The van der Waals surface area contributed by atoms with Crippen LogP contribution in [0.5, 0.6) is 0 Å². The zero-order chi connectivity index (χ0) is 12.5. The van der Waals surface area contributed by atoms with Crippen molar-refractivity contribution in [2.45, 2.75) is 38.5 Å². The summed E-state index contributed by atoms with van der Waals surface area (Å²) in [6, 6.07) is 1.51. The second kappa shape index (κ2) is 4.43. The average Bonchev–Trinajstić information content (AvgIpc) is 2.20. The minimum absolute atomic E-state index is 0.0602. The molecule has 0 aliphatic heterocycles. The summed E-state index contributed by atoms with van der Waals surface area (Å²) in [5.74, 6) is 0. The van der Waals surface area contributed by atoms with Gasteiger partial charge in [-0.15, -0.1) is 0 Å². The van der Waals surface area contributed by atoms with Gasteiger partial charge in [0.1, 0.15) is 0 Å².